The molecule has 1 N–H and O–H groups in total. The van der Waals surface area contributed by atoms with Gasteiger partial charge in [0.25, 0.3) is 5.91 Å². The molecule has 38 heavy (non-hydrogen) atoms. The van der Waals surface area contributed by atoms with Crippen LogP contribution in [-0.2, 0) is 7.05 Å². The molecule has 0 bridgehead atoms. The van der Waals surface area contributed by atoms with Gasteiger partial charge in [-0.1, -0.05) is 24.3 Å². The normalized spacial score (nSPS) is 13.1. The first-order valence-corrected chi connectivity index (χ1v) is 12.0. The summed E-state index contributed by atoms with van der Waals surface area (Å²) in [6, 6.07) is 19.9. The molecule has 0 unspecified atom stereocenters. The number of benzene rings is 3. The molecule has 190 valence electrons. The fraction of sp³-hybridized carbons (Fsp3) is 0.179. The van der Waals surface area contributed by atoms with E-state index in [9.17, 15) is 19.6 Å². The van der Waals surface area contributed by atoms with E-state index in [1.54, 1.807) is 54.2 Å². The number of hydrogen-bond donors (Lipinski definition) is 1. The number of rotatable bonds is 5. The minimum absolute atomic E-state index is 0.231. The SMILES string of the molecule is CNC(=O)c1cccc(N2CCN(c3c(C#N)ccc(-c4ccc(-n5cnn(C)c5=O)cc4)c3C)C2=O)c1. The van der Waals surface area contributed by atoms with Gasteiger partial charge in [-0.25, -0.2) is 18.8 Å². The number of nitriles is 1. The molecule has 1 fully saturated rings. The van der Waals surface area contributed by atoms with Crippen LogP contribution in [-0.4, -0.2) is 46.4 Å². The van der Waals surface area contributed by atoms with E-state index in [0.29, 0.717) is 41.3 Å². The summed E-state index contributed by atoms with van der Waals surface area (Å²) in [5, 5.41) is 16.4. The van der Waals surface area contributed by atoms with Gasteiger partial charge in [0.05, 0.1) is 16.9 Å². The Balaban J connectivity index is 1.49. The van der Waals surface area contributed by atoms with Crippen LogP contribution in [0, 0.1) is 18.3 Å². The molecule has 1 aliphatic rings. The second-order valence-electron chi connectivity index (χ2n) is 8.92. The van der Waals surface area contributed by atoms with Gasteiger partial charge in [0.1, 0.15) is 12.4 Å². The third kappa shape index (κ3) is 4.10. The first-order valence-electron chi connectivity index (χ1n) is 12.0. The predicted octanol–water partition coefficient (Wildman–Crippen LogP) is 3.22. The monoisotopic (exact) mass is 507 g/mol. The second kappa shape index (κ2) is 9.71. The van der Waals surface area contributed by atoms with E-state index in [2.05, 4.69) is 16.5 Å². The molecule has 1 aromatic heterocycles. The Bertz CT molecular complexity index is 1660. The van der Waals surface area contributed by atoms with E-state index < -0.39 is 0 Å². The maximum atomic E-state index is 13.6. The van der Waals surface area contributed by atoms with Crippen molar-refractivity contribution in [3.63, 3.8) is 0 Å². The van der Waals surface area contributed by atoms with Crippen molar-refractivity contribution < 1.29 is 9.59 Å². The maximum absolute atomic E-state index is 13.6. The van der Waals surface area contributed by atoms with Crippen molar-refractivity contribution in [3.8, 4) is 22.9 Å². The largest absolute Gasteiger partial charge is 0.355 e. The maximum Gasteiger partial charge on any atom is 0.350 e. The molecular weight excluding hydrogens is 482 g/mol. The first-order chi connectivity index (χ1) is 18.3. The smallest absolute Gasteiger partial charge is 0.350 e. The van der Waals surface area contributed by atoms with Crippen LogP contribution in [0.4, 0.5) is 16.2 Å². The molecule has 0 aliphatic carbocycles. The number of nitrogens with zero attached hydrogens (tertiary/aromatic N) is 6. The number of anilines is 2. The summed E-state index contributed by atoms with van der Waals surface area (Å²) in [4.78, 5) is 41.1. The molecular formula is C28H25N7O3. The Morgan fingerprint density at radius 2 is 1.74 bits per heavy atom. The third-order valence-corrected chi connectivity index (χ3v) is 6.76. The van der Waals surface area contributed by atoms with Crippen molar-refractivity contribution in [1.82, 2.24) is 19.7 Å². The quantitative estimate of drug-likeness (QED) is 0.445. The summed E-state index contributed by atoms with van der Waals surface area (Å²) in [7, 11) is 3.15. The molecule has 0 saturated carbocycles. The number of carbonyl (C=O) groups is 2. The van der Waals surface area contributed by atoms with Gasteiger partial charge < -0.3 is 5.32 Å². The van der Waals surface area contributed by atoms with E-state index in [0.717, 1.165) is 16.7 Å². The molecule has 4 aromatic rings. The molecule has 2 heterocycles. The zero-order valence-electron chi connectivity index (χ0n) is 21.2. The van der Waals surface area contributed by atoms with Gasteiger partial charge in [0, 0.05) is 38.4 Å². The van der Waals surface area contributed by atoms with Gasteiger partial charge in [-0.05, 0) is 60.0 Å². The van der Waals surface area contributed by atoms with Crippen LogP contribution in [0.3, 0.4) is 0 Å². The van der Waals surface area contributed by atoms with Crippen LogP contribution in [0.25, 0.3) is 16.8 Å². The van der Waals surface area contributed by atoms with E-state index in [1.165, 1.54) is 15.6 Å². The highest BCUT2D eigenvalue weighted by atomic mass is 16.2. The molecule has 0 atom stereocenters. The minimum Gasteiger partial charge on any atom is -0.355 e. The van der Waals surface area contributed by atoms with E-state index in [4.69, 9.17) is 0 Å². The highest BCUT2D eigenvalue weighted by molar-refractivity contribution is 6.08. The fourth-order valence-electron chi connectivity index (χ4n) is 4.76. The van der Waals surface area contributed by atoms with Crippen LogP contribution in [0.5, 0.6) is 0 Å². The highest BCUT2D eigenvalue weighted by Crippen LogP contribution is 2.36. The summed E-state index contributed by atoms with van der Waals surface area (Å²) in [6.45, 7) is 2.71. The fourth-order valence-corrected chi connectivity index (χ4v) is 4.76. The molecule has 10 heteroatoms. The third-order valence-electron chi connectivity index (χ3n) is 6.76. The lowest BCUT2D eigenvalue weighted by Crippen LogP contribution is -2.33. The molecule has 3 amide bonds. The van der Waals surface area contributed by atoms with E-state index in [-0.39, 0.29) is 17.6 Å². The van der Waals surface area contributed by atoms with Crippen LogP contribution in [0.2, 0.25) is 0 Å². The van der Waals surface area contributed by atoms with Crippen LogP contribution in [0.15, 0.2) is 71.8 Å². The lowest BCUT2D eigenvalue weighted by atomic mass is 9.95. The summed E-state index contributed by atoms with van der Waals surface area (Å²) < 4.78 is 2.72. The van der Waals surface area contributed by atoms with Gasteiger partial charge in [0.2, 0.25) is 0 Å². The Labute approximate surface area is 218 Å². The van der Waals surface area contributed by atoms with Crippen LogP contribution < -0.4 is 20.8 Å². The van der Waals surface area contributed by atoms with Crippen molar-refractivity contribution >= 4 is 23.3 Å². The van der Waals surface area contributed by atoms with Gasteiger partial charge in [-0.15, -0.1) is 0 Å². The standard InChI is InChI=1S/C28H25N7O3/c1-18-24(19-7-10-22(11-8-19)35-17-31-32(3)27(35)37)12-9-21(16-29)25(18)34-14-13-33(28(34)38)23-6-4-5-20(15-23)26(36)30-2/h4-12,15,17H,13-14H2,1-3H3,(H,30,36). The summed E-state index contributed by atoms with van der Waals surface area (Å²) >= 11 is 0. The number of aryl methyl sites for hydroxylation is 1. The second-order valence-corrected chi connectivity index (χ2v) is 8.92. The van der Waals surface area contributed by atoms with Crippen molar-refractivity contribution in [2.75, 3.05) is 29.9 Å². The van der Waals surface area contributed by atoms with Gasteiger partial charge in [-0.2, -0.15) is 10.4 Å². The van der Waals surface area contributed by atoms with Crippen molar-refractivity contribution in [2.45, 2.75) is 6.92 Å². The molecule has 0 spiro atoms. The Morgan fingerprint density at radius 1 is 1.00 bits per heavy atom. The average Bonchev–Trinajstić information content (AvgIpc) is 3.49. The van der Waals surface area contributed by atoms with Gasteiger partial charge >= 0.3 is 11.7 Å². The Morgan fingerprint density at radius 3 is 2.39 bits per heavy atom. The zero-order chi connectivity index (χ0) is 27.0. The van der Waals surface area contributed by atoms with E-state index in [1.807, 2.05) is 37.3 Å². The molecule has 0 radical (unpaired) electrons. The molecule has 5 rings (SSSR count). The predicted molar refractivity (Wildman–Crippen MR) is 144 cm³/mol. The summed E-state index contributed by atoms with van der Waals surface area (Å²) in [5.41, 5.74) is 5.04. The van der Waals surface area contributed by atoms with Crippen molar-refractivity contribution in [2.24, 2.45) is 7.05 Å². The highest BCUT2D eigenvalue weighted by Gasteiger charge is 2.33. The number of amides is 3. The molecule has 1 aliphatic heterocycles. The lowest BCUT2D eigenvalue weighted by molar-refractivity contribution is 0.0963. The Kier molecular flexibility index (Phi) is 6.26. The number of nitrogens with one attached hydrogen (secondary N) is 1. The number of aromatic nitrogens is 3. The van der Waals surface area contributed by atoms with Gasteiger partial charge in [-0.3, -0.25) is 14.6 Å². The summed E-state index contributed by atoms with van der Waals surface area (Å²) in [6.07, 6.45) is 1.47. The lowest BCUT2D eigenvalue weighted by Gasteiger charge is -2.23. The molecule has 1 saturated heterocycles. The van der Waals surface area contributed by atoms with Crippen molar-refractivity contribution in [3.05, 3.63) is 94.2 Å². The summed E-state index contributed by atoms with van der Waals surface area (Å²) in [5.74, 6) is -0.231. The van der Waals surface area contributed by atoms with Crippen LogP contribution in [0.1, 0.15) is 21.5 Å². The minimum atomic E-state index is -0.262. The average molecular weight is 508 g/mol. The zero-order valence-corrected chi connectivity index (χ0v) is 21.2. The topological polar surface area (TPSA) is 116 Å². The number of urea groups is 1. The first kappa shape index (κ1) is 24.5. The van der Waals surface area contributed by atoms with Crippen LogP contribution >= 0.6 is 0 Å². The van der Waals surface area contributed by atoms with Gasteiger partial charge in [0.15, 0.2) is 0 Å². The number of carbonyl (C=O) groups excluding carboxylic acids is 2. The Hall–Kier alpha value is -5.17. The molecule has 10 nitrogen and oxygen atoms in total. The molecule has 3 aromatic carbocycles. The number of hydrogen-bond acceptors (Lipinski definition) is 5. The van der Waals surface area contributed by atoms with Crippen molar-refractivity contribution in [1.29, 1.82) is 5.26 Å². The van der Waals surface area contributed by atoms with E-state index >= 15 is 0 Å².